The number of aliphatic hydroxyl groups is 1. The van der Waals surface area contributed by atoms with Crippen molar-refractivity contribution in [2.24, 2.45) is 16.6 Å². The van der Waals surface area contributed by atoms with Crippen LogP contribution in [0.25, 0.3) is 0 Å². The highest BCUT2D eigenvalue weighted by Crippen LogP contribution is 2.34. The first-order valence-corrected chi connectivity index (χ1v) is 11.1. The Balaban J connectivity index is 1.83. The lowest BCUT2D eigenvalue weighted by Gasteiger charge is -2.40. The Morgan fingerprint density at radius 3 is 2.21 bits per heavy atom. The second-order valence-corrected chi connectivity index (χ2v) is 9.26. The molecule has 0 aliphatic carbocycles. The number of carbonyl (C=O) groups is 1. The van der Waals surface area contributed by atoms with Crippen molar-refractivity contribution in [1.82, 2.24) is 10.2 Å². The zero-order valence-corrected chi connectivity index (χ0v) is 19.6. The SMILES string of the molecule is CC(NC(O)c1cc(F)cc(C(C)N2C(=O)CC(C)(C(C)C)N=C2N)c1)c1ccc(F)cc1. The lowest BCUT2D eigenvalue weighted by molar-refractivity contribution is -0.131. The molecule has 178 valence electrons. The molecule has 4 N–H and O–H groups in total. The van der Waals surface area contributed by atoms with Gasteiger partial charge in [-0.3, -0.25) is 15.0 Å². The number of hydrogen-bond donors (Lipinski definition) is 3. The van der Waals surface area contributed by atoms with Gasteiger partial charge in [-0.15, -0.1) is 0 Å². The third kappa shape index (κ3) is 5.39. The molecule has 0 fully saturated rings. The topological polar surface area (TPSA) is 91.0 Å². The minimum absolute atomic E-state index is 0.101. The maximum Gasteiger partial charge on any atom is 0.232 e. The Morgan fingerprint density at radius 2 is 1.64 bits per heavy atom. The van der Waals surface area contributed by atoms with Crippen molar-refractivity contribution >= 4 is 11.9 Å². The van der Waals surface area contributed by atoms with Crippen LogP contribution in [0.4, 0.5) is 8.78 Å². The van der Waals surface area contributed by atoms with Crippen LogP contribution in [0.1, 0.15) is 76.0 Å². The molecule has 2 aromatic carbocycles. The maximum absolute atomic E-state index is 14.5. The van der Waals surface area contributed by atoms with Crippen molar-refractivity contribution in [3.8, 4) is 0 Å². The Bertz CT molecular complexity index is 1040. The largest absolute Gasteiger partial charge is 0.374 e. The summed E-state index contributed by atoms with van der Waals surface area (Å²) in [6, 6.07) is 9.22. The van der Waals surface area contributed by atoms with Crippen molar-refractivity contribution in [2.75, 3.05) is 0 Å². The first kappa shape index (κ1) is 24.8. The highest BCUT2D eigenvalue weighted by atomic mass is 19.1. The number of halogens is 2. The molecule has 0 saturated carbocycles. The molecular formula is C25H32F2N4O2. The van der Waals surface area contributed by atoms with E-state index in [2.05, 4.69) is 10.3 Å². The average Bonchev–Trinajstić information content (AvgIpc) is 2.72. The quantitative estimate of drug-likeness (QED) is 0.539. The fourth-order valence-corrected chi connectivity index (χ4v) is 3.99. The molecule has 0 radical (unpaired) electrons. The molecule has 8 heteroatoms. The van der Waals surface area contributed by atoms with E-state index in [1.807, 2.05) is 27.7 Å². The summed E-state index contributed by atoms with van der Waals surface area (Å²) in [6.07, 6.45) is -0.976. The van der Waals surface area contributed by atoms with E-state index in [4.69, 9.17) is 5.73 Å². The Labute approximate surface area is 193 Å². The van der Waals surface area contributed by atoms with Gasteiger partial charge in [-0.1, -0.05) is 26.0 Å². The van der Waals surface area contributed by atoms with Crippen LogP contribution in [-0.4, -0.2) is 27.4 Å². The zero-order chi connectivity index (χ0) is 24.5. The summed E-state index contributed by atoms with van der Waals surface area (Å²) in [5, 5.41) is 13.7. The van der Waals surface area contributed by atoms with Gasteiger partial charge >= 0.3 is 0 Å². The second-order valence-electron chi connectivity index (χ2n) is 9.26. The number of nitrogens with two attached hydrogens (primary N) is 1. The van der Waals surface area contributed by atoms with Gasteiger partial charge < -0.3 is 10.8 Å². The van der Waals surface area contributed by atoms with Crippen molar-refractivity contribution in [3.63, 3.8) is 0 Å². The van der Waals surface area contributed by atoms with E-state index in [1.54, 1.807) is 25.1 Å². The Morgan fingerprint density at radius 1 is 1.03 bits per heavy atom. The van der Waals surface area contributed by atoms with Crippen molar-refractivity contribution in [1.29, 1.82) is 0 Å². The van der Waals surface area contributed by atoms with Crippen LogP contribution < -0.4 is 11.1 Å². The molecular weight excluding hydrogens is 426 g/mol. The van der Waals surface area contributed by atoms with Gasteiger partial charge in [-0.25, -0.2) is 13.8 Å². The number of guanidine groups is 1. The molecule has 4 unspecified atom stereocenters. The van der Waals surface area contributed by atoms with Gasteiger partial charge in [0.15, 0.2) is 5.96 Å². The minimum atomic E-state index is -1.18. The molecule has 33 heavy (non-hydrogen) atoms. The summed E-state index contributed by atoms with van der Waals surface area (Å²) >= 11 is 0. The van der Waals surface area contributed by atoms with Crippen LogP contribution in [0.15, 0.2) is 47.5 Å². The normalized spacial score (nSPS) is 21.7. The summed E-state index contributed by atoms with van der Waals surface area (Å²) in [7, 11) is 0. The third-order valence-electron chi connectivity index (χ3n) is 6.54. The van der Waals surface area contributed by atoms with Gasteiger partial charge in [-0.05, 0) is 73.7 Å². The van der Waals surface area contributed by atoms with E-state index in [1.165, 1.54) is 29.2 Å². The fourth-order valence-electron chi connectivity index (χ4n) is 3.99. The summed E-state index contributed by atoms with van der Waals surface area (Å²) < 4.78 is 27.7. The molecule has 0 aromatic heterocycles. The van der Waals surface area contributed by atoms with Gasteiger partial charge in [0, 0.05) is 6.04 Å². The van der Waals surface area contributed by atoms with E-state index >= 15 is 0 Å². The van der Waals surface area contributed by atoms with E-state index in [-0.39, 0.29) is 36.1 Å². The molecule has 1 heterocycles. The first-order chi connectivity index (χ1) is 15.4. The van der Waals surface area contributed by atoms with Crippen molar-refractivity contribution < 1.29 is 18.7 Å². The summed E-state index contributed by atoms with van der Waals surface area (Å²) in [5.41, 5.74) is 7.15. The number of aliphatic imine (C=N–C) groups is 1. The number of carbonyl (C=O) groups excluding carboxylic acids is 1. The van der Waals surface area contributed by atoms with Crippen LogP contribution in [0.3, 0.4) is 0 Å². The molecule has 1 aliphatic heterocycles. The monoisotopic (exact) mass is 458 g/mol. The summed E-state index contributed by atoms with van der Waals surface area (Å²) in [6.45, 7) is 9.44. The number of nitrogens with zero attached hydrogens (tertiary/aromatic N) is 2. The smallest absolute Gasteiger partial charge is 0.232 e. The van der Waals surface area contributed by atoms with Crippen LogP contribution in [0.2, 0.25) is 0 Å². The van der Waals surface area contributed by atoms with E-state index in [0.29, 0.717) is 11.1 Å². The number of amides is 1. The fraction of sp³-hybridized carbons (Fsp3) is 0.440. The lowest BCUT2D eigenvalue weighted by Crippen LogP contribution is -2.52. The van der Waals surface area contributed by atoms with Gasteiger partial charge in [0.25, 0.3) is 0 Å². The predicted molar refractivity (Wildman–Crippen MR) is 124 cm³/mol. The number of benzene rings is 2. The van der Waals surface area contributed by atoms with Crippen molar-refractivity contribution in [2.45, 2.75) is 64.9 Å². The molecule has 1 aliphatic rings. The second kappa shape index (κ2) is 9.57. The van der Waals surface area contributed by atoms with Gasteiger partial charge in [0.05, 0.1) is 18.0 Å². The van der Waals surface area contributed by atoms with Crippen molar-refractivity contribution in [3.05, 3.63) is 70.8 Å². The first-order valence-electron chi connectivity index (χ1n) is 11.1. The highest BCUT2D eigenvalue weighted by Gasteiger charge is 2.40. The van der Waals surface area contributed by atoms with Crippen LogP contribution in [0, 0.1) is 17.6 Å². The molecule has 2 aromatic rings. The van der Waals surface area contributed by atoms with Crippen LogP contribution >= 0.6 is 0 Å². The molecule has 1 amide bonds. The van der Waals surface area contributed by atoms with Gasteiger partial charge in [-0.2, -0.15) is 0 Å². The van der Waals surface area contributed by atoms with Gasteiger partial charge in [0.2, 0.25) is 5.91 Å². The minimum Gasteiger partial charge on any atom is -0.374 e. The Hall–Kier alpha value is -2.84. The molecule has 3 rings (SSSR count). The number of hydrogen-bond acceptors (Lipinski definition) is 5. The standard InChI is InChI=1S/C25H32F2N4O2/c1-14(2)25(5)13-22(32)31(24(28)30-25)16(4)18-10-19(12-21(27)11-18)23(33)29-15(3)17-6-8-20(26)9-7-17/h6-12,14-16,23,29,33H,13H2,1-5H3,(H2,28,30). The molecule has 0 bridgehead atoms. The average molecular weight is 459 g/mol. The van der Waals surface area contributed by atoms with E-state index in [0.717, 1.165) is 5.56 Å². The molecule has 0 saturated heterocycles. The Kier molecular flexibility index (Phi) is 7.19. The number of aliphatic hydroxyl groups excluding tert-OH is 1. The summed E-state index contributed by atoms with van der Waals surface area (Å²) in [4.78, 5) is 18.9. The lowest BCUT2D eigenvalue weighted by atomic mass is 9.84. The predicted octanol–water partition coefficient (Wildman–Crippen LogP) is 4.33. The van der Waals surface area contributed by atoms with E-state index < -0.39 is 23.6 Å². The van der Waals surface area contributed by atoms with E-state index in [9.17, 15) is 18.7 Å². The molecule has 0 spiro atoms. The van der Waals surface area contributed by atoms with Crippen LogP contribution in [-0.2, 0) is 4.79 Å². The zero-order valence-electron chi connectivity index (χ0n) is 19.6. The third-order valence-corrected chi connectivity index (χ3v) is 6.54. The molecule has 6 nitrogen and oxygen atoms in total. The highest BCUT2D eigenvalue weighted by molar-refractivity contribution is 5.99. The summed E-state index contributed by atoms with van der Waals surface area (Å²) in [5.74, 6) is -0.844. The number of rotatable bonds is 7. The number of nitrogens with one attached hydrogen (secondary N) is 1. The molecule has 4 atom stereocenters. The maximum atomic E-state index is 14.5. The van der Waals surface area contributed by atoms with Gasteiger partial charge in [0.1, 0.15) is 17.9 Å². The van der Waals surface area contributed by atoms with Crippen LogP contribution in [0.5, 0.6) is 0 Å².